The SMILES string of the molecule is CC1(C)c2ccccc2-c2cc3c4c(cccc4c21)-c1cc(C#N)cc2c1B3c1cc3c(c4cccc-2c14)C(C)(C)c1ccccc1-3. The minimum Gasteiger partial charge on any atom is -0.192 e. The van der Waals surface area contributed by atoms with E-state index in [1.807, 2.05) is 0 Å². The van der Waals surface area contributed by atoms with E-state index in [0.717, 1.165) is 5.56 Å². The molecule has 0 saturated heterocycles. The molecule has 1 nitrogen and oxygen atoms in total. The fraction of sp³-hybridized carbons (Fsp3) is 0.133. The zero-order chi connectivity index (χ0) is 31.6. The molecule has 0 fully saturated rings. The number of nitriles is 1. The Morgan fingerprint density at radius 2 is 0.936 bits per heavy atom. The van der Waals surface area contributed by atoms with Crippen LogP contribution >= 0.6 is 0 Å². The van der Waals surface area contributed by atoms with Gasteiger partial charge >= 0.3 is 0 Å². The molecule has 218 valence electrons. The monoisotopic (exact) mass is 595 g/mol. The lowest BCUT2D eigenvalue weighted by atomic mass is 9.30. The van der Waals surface area contributed by atoms with E-state index in [1.165, 1.54) is 105 Å². The van der Waals surface area contributed by atoms with Crippen molar-refractivity contribution < 1.29 is 0 Å². The first kappa shape index (κ1) is 25.8. The number of rotatable bonds is 0. The number of hydrogen-bond donors (Lipinski definition) is 0. The number of hydrogen-bond acceptors (Lipinski definition) is 1. The lowest BCUT2D eigenvalue weighted by Gasteiger charge is -2.36. The highest BCUT2D eigenvalue weighted by Gasteiger charge is 2.45. The van der Waals surface area contributed by atoms with Gasteiger partial charge in [-0.25, -0.2) is 0 Å². The van der Waals surface area contributed by atoms with E-state index in [0.29, 0.717) is 0 Å². The third-order valence-electron chi connectivity index (χ3n) is 12.2. The molecule has 2 heterocycles. The van der Waals surface area contributed by atoms with Gasteiger partial charge in [-0.1, -0.05) is 141 Å². The van der Waals surface area contributed by atoms with E-state index in [9.17, 15) is 5.26 Å². The quantitative estimate of drug-likeness (QED) is 0.161. The van der Waals surface area contributed by atoms with Crippen LogP contribution in [0.1, 0.15) is 55.5 Å². The standard InChI is InChI=1S/C45H30BN/c1-44(2)35-17-7-5-11-25(35)31-21-37-39-27(13-9-15-29(39)41(31)44)33-19-24(23-47)20-34-28-14-10-16-30-40(28)38(46(37)43(33)34)22-32-26-12-6-8-18-36(26)45(3,4)42(30)32/h5-22H,1-4H3. The van der Waals surface area contributed by atoms with Gasteiger partial charge in [0.1, 0.15) is 0 Å². The van der Waals surface area contributed by atoms with E-state index in [1.54, 1.807) is 0 Å². The number of nitrogens with zero attached hydrogens (tertiary/aromatic N) is 1. The van der Waals surface area contributed by atoms with Crippen LogP contribution in [-0.2, 0) is 10.8 Å². The van der Waals surface area contributed by atoms with E-state index in [4.69, 9.17) is 0 Å². The normalized spacial score (nSPS) is 15.9. The average molecular weight is 596 g/mol. The van der Waals surface area contributed by atoms with Crippen LogP contribution in [0.15, 0.2) is 109 Å². The molecular weight excluding hydrogens is 565 g/mol. The molecule has 2 heteroatoms. The fourth-order valence-electron chi connectivity index (χ4n) is 10.5. The topological polar surface area (TPSA) is 23.8 Å². The minimum atomic E-state index is -0.113. The summed E-state index contributed by atoms with van der Waals surface area (Å²) in [7, 11) is 0. The van der Waals surface area contributed by atoms with Gasteiger partial charge in [-0.2, -0.15) is 5.26 Å². The summed E-state index contributed by atoms with van der Waals surface area (Å²) < 4.78 is 0. The van der Waals surface area contributed by atoms with Crippen molar-refractivity contribution in [2.45, 2.75) is 38.5 Å². The maximum absolute atomic E-state index is 10.4. The summed E-state index contributed by atoms with van der Waals surface area (Å²) in [6.45, 7) is 9.60. The van der Waals surface area contributed by atoms with E-state index in [2.05, 4.69) is 143 Å². The van der Waals surface area contributed by atoms with Gasteiger partial charge in [-0.05, 0) is 100 Å². The molecule has 11 rings (SSSR count). The summed E-state index contributed by atoms with van der Waals surface area (Å²) in [6.07, 6.45) is 0. The van der Waals surface area contributed by atoms with Gasteiger partial charge in [0.15, 0.2) is 0 Å². The Bertz CT molecular complexity index is 2520. The van der Waals surface area contributed by atoms with E-state index < -0.39 is 0 Å². The van der Waals surface area contributed by atoms with Gasteiger partial charge < -0.3 is 0 Å². The van der Waals surface area contributed by atoms with Crippen LogP contribution in [0.5, 0.6) is 0 Å². The van der Waals surface area contributed by atoms with Crippen molar-refractivity contribution in [2.24, 2.45) is 0 Å². The molecule has 0 atom stereocenters. The zero-order valence-corrected chi connectivity index (χ0v) is 26.9. The molecule has 0 unspecified atom stereocenters. The predicted molar refractivity (Wildman–Crippen MR) is 197 cm³/mol. The molecule has 7 aromatic rings. The van der Waals surface area contributed by atoms with Crippen LogP contribution in [0, 0.1) is 11.3 Å². The number of benzene rings is 7. The highest BCUT2D eigenvalue weighted by atomic mass is 14.4. The zero-order valence-electron chi connectivity index (χ0n) is 26.9. The Balaban J connectivity index is 1.36. The van der Waals surface area contributed by atoms with Gasteiger partial charge in [0.25, 0.3) is 0 Å². The predicted octanol–water partition coefficient (Wildman–Crippen LogP) is 8.95. The first-order valence-corrected chi connectivity index (χ1v) is 16.8. The van der Waals surface area contributed by atoms with Crippen molar-refractivity contribution >= 4 is 44.6 Å². The van der Waals surface area contributed by atoms with Crippen molar-refractivity contribution in [3.63, 3.8) is 0 Å². The Kier molecular flexibility index (Phi) is 4.45. The van der Waals surface area contributed by atoms with Gasteiger partial charge in [-0.3, -0.25) is 0 Å². The summed E-state index contributed by atoms with van der Waals surface area (Å²) in [5.74, 6) is 0. The Hall–Kier alpha value is -5.39. The van der Waals surface area contributed by atoms with Crippen molar-refractivity contribution in [3.8, 4) is 50.6 Å². The molecule has 0 bridgehead atoms. The van der Waals surface area contributed by atoms with E-state index in [-0.39, 0.29) is 17.5 Å². The van der Waals surface area contributed by atoms with Crippen LogP contribution in [0.25, 0.3) is 66.1 Å². The van der Waals surface area contributed by atoms with Crippen LogP contribution in [0.3, 0.4) is 0 Å². The van der Waals surface area contributed by atoms with E-state index >= 15 is 0 Å². The lowest BCUT2D eigenvalue weighted by molar-refractivity contribution is 0.666. The molecule has 47 heavy (non-hydrogen) atoms. The van der Waals surface area contributed by atoms with Gasteiger partial charge in [0.2, 0.25) is 6.71 Å². The molecule has 0 aromatic heterocycles. The lowest BCUT2D eigenvalue weighted by Crippen LogP contribution is -2.57. The first-order valence-electron chi connectivity index (χ1n) is 16.8. The Morgan fingerprint density at radius 3 is 1.40 bits per heavy atom. The second-order valence-electron chi connectivity index (χ2n) is 15.1. The molecule has 0 radical (unpaired) electrons. The third kappa shape index (κ3) is 2.82. The fourth-order valence-corrected chi connectivity index (χ4v) is 10.5. The third-order valence-corrected chi connectivity index (χ3v) is 12.2. The van der Waals surface area contributed by atoms with Crippen LogP contribution in [0.2, 0.25) is 0 Å². The van der Waals surface area contributed by atoms with Crippen molar-refractivity contribution in [3.05, 3.63) is 137 Å². The van der Waals surface area contributed by atoms with Gasteiger partial charge in [0, 0.05) is 10.8 Å². The molecule has 4 aliphatic rings. The molecular formula is C45H30BN. The highest BCUT2D eigenvalue weighted by Crippen LogP contribution is 2.54. The molecule has 7 aromatic carbocycles. The Labute approximate surface area is 275 Å². The molecule has 2 aliphatic heterocycles. The van der Waals surface area contributed by atoms with Crippen LogP contribution in [-0.4, -0.2) is 6.71 Å². The van der Waals surface area contributed by atoms with Crippen LogP contribution in [0.4, 0.5) is 0 Å². The minimum absolute atomic E-state index is 0.0601. The smallest absolute Gasteiger partial charge is 0.192 e. The summed E-state index contributed by atoms with van der Waals surface area (Å²) >= 11 is 0. The summed E-state index contributed by atoms with van der Waals surface area (Å²) in [4.78, 5) is 0. The maximum atomic E-state index is 10.4. The van der Waals surface area contributed by atoms with Crippen LogP contribution < -0.4 is 16.4 Å². The van der Waals surface area contributed by atoms with Gasteiger partial charge in [0.05, 0.1) is 11.6 Å². The molecule has 0 saturated carbocycles. The van der Waals surface area contributed by atoms with Crippen molar-refractivity contribution in [1.29, 1.82) is 5.26 Å². The molecule has 0 spiro atoms. The molecule has 0 N–H and O–H groups in total. The van der Waals surface area contributed by atoms with Crippen molar-refractivity contribution in [2.75, 3.05) is 0 Å². The second kappa shape index (κ2) is 8.12. The summed E-state index contributed by atoms with van der Waals surface area (Å²) in [5, 5.41) is 15.7. The molecule has 2 aliphatic carbocycles. The second-order valence-corrected chi connectivity index (χ2v) is 15.1. The first-order chi connectivity index (χ1) is 22.8. The summed E-state index contributed by atoms with van der Waals surface area (Å²) in [6, 6.07) is 43.7. The van der Waals surface area contributed by atoms with Crippen molar-refractivity contribution in [1.82, 2.24) is 0 Å². The maximum Gasteiger partial charge on any atom is 0.244 e. The largest absolute Gasteiger partial charge is 0.244 e. The van der Waals surface area contributed by atoms with Gasteiger partial charge in [-0.15, -0.1) is 0 Å². The highest BCUT2D eigenvalue weighted by molar-refractivity contribution is 7.01. The Morgan fingerprint density at radius 1 is 0.489 bits per heavy atom. The number of fused-ring (bicyclic) bond motifs is 12. The summed E-state index contributed by atoms with van der Waals surface area (Å²) in [5.41, 5.74) is 20.6. The molecule has 0 amide bonds. The average Bonchev–Trinajstić information content (AvgIpc) is 3.47.